The zero-order valence-corrected chi connectivity index (χ0v) is 16.5. The molecule has 1 amide bonds. The summed E-state index contributed by atoms with van der Waals surface area (Å²) in [6, 6.07) is 14.0. The first-order valence-corrected chi connectivity index (χ1v) is 10.1. The van der Waals surface area contributed by atoms with E-state index in [1.807, 2.05) is 44.2 Å². The van der Waals surface area contributed by atoms with Crippen molar-refractivity contribution < 1.29 is 19.4 Å². The van der Waals surface area contributed by atoms with Gasteiger partial charge in [0.1, 0.15) is 18.8 Å². The molecule has 7 heteroatoms. The number of aliphatic hydroxyl groups excluding tert-OH is 1. The molecule has 4 rings (SSSR count). The van der Waals surface area contributed by atoms with Crippen molar-refractivity contribution in [2.45, 2.75) is 42.7 Å². The molecular formula is C21H22N2O4S. The second-order valence-electron chi connectivity index (χ2n) is 7.58. The summed E-state index contributed by atoms with van der Waals surface area (Å²) in [5.74, 6) is -1.25. The van der Waals surface area contributed by atoms with Crippen LogP contribution in [0.5, 0.6) is 0 Å². The van der Waals surface area contributed by atoms with Crippen molar-refractivity contribution in [3.63, 3.8) is 0 Å². The van der Waals surface area contributed by atoms with Crippen LogP contribution in [0.4, 0.5) is 0 Å². The molecule has 3 heterocycles. The maximum absolute atomic E-state index is 12.9. The van der Waals surface area contributed by atoms with E-state index in [1.54, 1.807) is 29.3 Å². The molecule has 146 valence electrons. The lowest BCUT2D eigenvalue weighted by molar-refractivity contribution is -0.172. The predicted molar refractivity (Wildman–Crippen MR) is 105 cm³/mol. The van der Waals surface area contributed by atoms with E-state index in [0.29, 0.717) is 5.69 Å². The summed E-state index contributed by atoms with van der Waals surface area (Å²) in [6.45, 7) is 4.04. The van der Waals surface area contributed by atoms with Gasteiger partial charge < -0.3 is 14.7 Å². The van der Waals surface area contributed by atoms with Crippen LogP contribution in [0.15, 0.2) is 54.7 Å². The highest BCUT2D eigenvalue weighted by molar-refractivity contribution is 8.01. The summed E-state index contributed by atoms with van der Waals surface area (Å²) in [4.78, 5) is 31.4. The first-order chi connectivity index (χ1) is 13.4. The number of nitrogens with zero attached hydrogens (tertiary/aromatic N) is 2. The van der Waals surface area contributed by atoms with E-state index >= 15 is 0 Å². The molecule has 2 fully saturated rings. The van der Waals surface area contributed by atoms with Gasteiger partial charge in [-0.05, 0) is 31.5 Å². The molecule has 0 bridgehead atoms. The molecule has 0 saturated carbocycles. The minimum atomic E-state index is -0.989. The number of hydrogen-bond donors (Lipinski definition) is 1. The van der Waals surface area contributed by atoms with Gasteiger partial charge in [-0.3, -0.25) is 9.78 Å². The molecule has 0 spiro atoms. The Morgan fingerprint density at radius 2 is 1.96 bits per heavy atom. The van der Waals surface area contributed by atoms with Crippen molar-refractivity contribution in [3.8, 4) is 0 Å². The third-order valence-electron chi connectivity index (χ3n) is 5.26. The quantitative estimate of drug-likeness (QED) is 0.616. The highest BCUT2D eigenvalue weighted by Gasteiger charge is 2.65. The van der Waals surface area contributed by atoms with E-state index in [-0.39, 0.29) is 17.9 Å². The number of fused-ring (bicyclic) bond motifs is 1. The molecule has 0 radical (unpaired) electrons. The number of aromatic nitrogens is 1. The Morgan fingerprint density at radius 3 is 2.64 bits per heavy atom. The molecular weight excluding hydrogens is 376 g/mol. The number of ether oxygens (including phenoxy) is 1. The molecule has 4 atom stereocenters. The molecule has 2 aromatic rings. The fourth-order valence-corrected chi connectivity index (χ4v) is 5.57. The molecule has 2 aliphatic heterocycles. The molecule has 1 N–H and O–H groups in total. The SMILES string of the molecule is CC1(C)S[C@@H]2[C@H]([C@H](O)c3ccccn3)C(=O)N2[C@H]1C(=O)OCc1ccccc1. The predicted octanol–water partition coefficient (Wildman–Crippen LogP) is 2.54. The van der Waals surface area contributed by atoms with Crippen LogP contribution in [0, 0.1) is 5.92 Å². The van der Waals surface area contributed by atoms with E-state index in [1.165, 1.54) is 11.8 Å². The van der Waals surface area contributed by atoms with Gasteiger partial charge in [0.25, 0.3) is 0 Å². The van der Waals surface area contributed by atoms with Crippen molar-refractivity contribution in [2.24, 2.45) is 5.92 Å². The van der Waals surface area contributed by atoms with E-state index in [4.69, 9.17) is 4.74 Å². The van der Waals surface area contributed by atoms with E-state index < -0.39 is 28.8 Å². The summed E-state index contributed by atoms with van der Waals surface area (Å²) in [6.07, 6.45) is 0.604. The molecule has 0 unspecified atom stereocenters. The second-order valence-corrected chi connectivity index (χ2v) is 9.35. The highest BCUT2D eigenvalue weighted by atomic mass is 32.2. The third-order valence-corrected chi connectivity index (χ3v) is 6.85. The number of carbonyl (C=O) groups is 2. The van der Waals surface area contributed by atoms with Gasteiger partial charge in [0.2, 0.25) is 5.91 Å². The molecule has 0 aliphatic carbocycles. The Balaban J connectivity index is 1.48. The summed E-state index contributed by atoms with van der Waals surface area (Å²) in [7, 11) is 0. The van der Waals surface area contributed by atoms with Crippen LogP contribution in [0.1, 0.15) is 31.2 Å². The van der Waals surface area contributed by atoms with E-state index in [9.17, 15) is 14.7 Å². The van der Waals surface area contributed by atoms with Gasteiger partial charge in [-0.1, -0.05) is 36.4 Å². The average Bonchev–Trinajstić information content (AvgIpc) is 2.95. The largest absolute Gasteiger partial charge is 0.459 e. The Labute approximate surface area is 167 Å². The normalized spacial score (nSPS) is 26.3. The number of esters is 1. The monoisotopic (exact) mass is 398 g/mol. The Hall–Kier alpha value is -2.38. The standard InChI is InChI=1S/C21H22N2O4S/c1-21(2)17(20(26)27-12-13-8-4-3-5-9-13)23-18(25)15(19(23)28-21)16(24)14-10-6-7-11-22-14/h3-11,15-17,19,24H,12H2,1-2H3/t15-,16-,17+,19-/m1/s1. The van der Waals surface area contributed by atoms with Crippen molar-refractivity contribution in [1.82, 2.24) is 9.88 Å². The van der Waals surface area contributed by atoms with Gasteiger partial charge in [0, 0.05) is 10.9 Å². The van der Waals surface area contributed by atoms with Crippen molar-refractivity contribution >= 4 is 23.6 Å². The lowest BCUT2D eigenvalue weighted by Gasteiger charge is -2.45. The number of hydrogen-bond acceptors (Lipinski definition) is 6. The number of amides is 1. The minimum absolute atomic E-state index is 0.170. The van der Waals surface area contributed by atoms with Crippen LogP contribution in [0.2, 0.25) is 0 Å². The molecule has 1 aromatic carbocycles. The van der Waals surface area contributed by atoms with Gasteiger partial charge in [0.15, 0.2) is 0 Å². The molecule has 2 saturated heterocycles. The maximum Gasteiger partial charge on any atom is 0.330 e. The van der Waals surface area contributed by atoms with Gasteiger partial charge in [-0.2, -0.15) is 0 Å². The van der Waals surface area contributed by atoms with Crippen LogP contribution < -0.4 is 0 Å². The number of β-lactam (4-membered cyclic amide) rings is 1. The highest BCUT2D eigenvalue weighted by Crippen LogP contribution is 2.56. The molecule has 28 heavy (non-hydrogen) atoms. The van der Waals surface area contributed by atoms with Gasteiger partial charge in [0.05, 0.1) is 17.0 Å². The number of carbonyl (C=O) groups excluding carboxylic acids is 2. The number of aliphatic hydroxyl groups is 1. The zero-order chi connectivity index (χ0) is 19.9. The zero-order valence-electron chi connectivity index (χ0n) is 15.7. The third kappa shape index (κ3) is 3.18. The number of benzene rings is 1. The lowest BCUT2D eigenvalue weighted by atomic mass is 9.86. The van der Waals surface area contributed by atoms with Crippen molar-refractivity contribution in [3.05, 3.63) is 66.0 Å². The summed E-state index contributed by atoms with van der Waals surface area (Å²) < 4.78 is 5.00. The maximum atomic E-state index is 12.9. The molecule has 1 aromatic heterocycles. The van der Waals surface area contributed by atoms with Gasteiger partial charge in [-0.15, -0.1) is 11.8 Å². The lowest BCUT2D eigenvalue weighted by Crippen LogP contribution is -2.64. The number of thioether (sulfide) groups is 1. The number of pyridine rings is 1. The summed E-state index contributed by atoms with van der Waals surface area (Å²) >= 11 is 1.53. The van der Waals surface area contributed by atoms with Crippen LogP contribution >= 0.6 is 11.8 Å². The first-order valence-electron chi connectivity index (χ1n) is 9.20. The first kappa shape index (κ1) is 19.0. The summed E-state index contributed by atoms with van der Waals surface area (Å²) in [5, 5.41) is 10.4. The minimum Gasteiger partial charge on any atom is -0.459 e. The van der Waals surface area contributed by atoms with Crippen molar-refractivity contribution in [2.75, 3.05) is 0 Å². The fourth-order valence-electron chi connectivity index (χ4n) is 3.86. The van der Waals surface area contributed by atoms with Crippen LogP contribution in [-0.2, 0) is 20.9 Å². The molecule has 2 aliphatic rings. The Bertz CT molecular complexity index is 874. The topological polar surface area (TPSA) is 79.7 Å². The van der Waals surface area contributed by atoms with Crippen LogP contribution in [-0.4, -0.2) is 43.0 Å². The van der Waals surface area contributed by atoms with Crippen LogP contribution in [0.3, 0.4) is 0 Å². The van der Waals surface area contributed by atoms with Gasteiger partial charge >= 0.3 is 5.97 Å². The van der Waals surface area contributed by atoms with Gasteiger partial charge in [-0.25, -0.2) is 4.79 Å². The fraction of sp³-hybridized carbons (Fsp3) is 0.381. The molecule has 6 nitrogen and oxygen atoms in total. The van der Waals surface area contributed by atoms with E-state index in [0.717, 1.165) is 5.56 Å². The summed E-state index contributed by atoms with van der Waals surface area (Å²) in [5.41, 5.74) is 1.36. The van der Waals surface area contributed by atoms with Crippen molar-refractivity contribution in [1.29, 1.82) is 0 Å². The Morgan fingerprint density at radius 1 is 1.25 bits per heavy atom. The number of rotatable bonds is 5. The average molecular weight is 398 g/mol. The van der Waals surface area contributed by atoms with E-state index in [2.05, 4.69) is 4.98 Å². The Kier molecular flexibility index (Phi) is 4.89. The second kappa shape index (κ2) is 7.22. The smallest absolute Gasteiger partial charge is 0.330 e. The van der Waals surface area contributed by atoms with Crippen LogP contribution in [0.25, 0.3) is 0 Å².